The average Bonchev–Trinajstić information content (AvgIpc) is 3.54. The van der Waals surface area contributed by atoms with Gasteiger partial charge in [0.25, 0.3) is 5.91 Å². The summed E-state index contributed by atoms with van der Waals surface area (Å²) in [6.07, 6.45) is 5.67. The van der Waals surface area contributed by atoms with Gasteiger partial charge in [-0.3, -0.25) is 9.89 Å². The Morgan fingerprint density at radius 2 is 1.88 bits per heavy atom. The number of benzene rings is 2. The van der Waals surface area contributed by atoms with Crippen LogP contribution in [0.15, 0.2) is 42.6 Å². The van der Waals surface area contributed by atoms with Crippen molar-refractivity contribution >= 4 is 27.7 Å². The molecule has 1 fully saturated rings. The smallest absolute Gasteiger partial charge is 0.251 e. The number of hydrogen-bond acceptors (Lipinski definition) is 4. The normalized spacial score (nSPS) is 19.2. The Labute approximate surface area is 187 Å². The molecule has 2 aliphatic rings. The van der Waals surface area contributed by atoms with E-state index in [1.165, 1.54) is 41.2 Å². The average molecular weight is 426 g/mol. The molecule has 0 spiro atoms. The van der Waals surface area contributed by atoms with Gasteiger partial charge in [0.1, 0.15) is 0 Å². The van der Waals surface area contributed by atoms with Gasteiger partial charge in [-0.1, -0.05) is 12.1 Å². The van der Waals surface area contributed by atoms with Gasteiger partial charge in [0, 0.05) is 35.0 Å². The molecule has 2 bridgehead atoms. The highest BCUT2D eigenvalue weighted by Crippen LogP contribution is 2.57. The summed E-state index contributed by atoms with van der Waals surface area (Å²) >= 11 is 0. The van der Waals surface area contributed by atoms with E-state index in [9.17, 15) is 4.79 Å². The summed E-state index contributed by atoms with van der Waals surface area (Å²) < 4.78 is 0. The maximum Gasteiger partial charge on any atom is 0.251 e. The highest BCUT2D eigenvalue weighted by Gasteiger charge is 2.41. The number of aromatic nitrogens is 3. The number of carbonyl (C=O) groups excluding carboxylic acids is 1. The second-order valence-electron chi connectivity index (χ2n) is 9.42. The van der Waals surface area contributed by atoms with Crippen LogP contribution < -0.4 is 5.32 Å². The zero-order chi connectivity index (χ0) is 21.8. The molecule has 6 heteroatoms. The zero-order valence-electron chi connectivity index (χ0n) is 18.5. The first kappa shape index (κ1) is 19.4. The van der Waals surface area contributed by atoms with Gasteiger partial charge >= 0.3 is 0 Å². The van der Waals surface area contributed by atoms with Crippen LogP contribution in [0.25, 0.3) is 33.1 Å². The van der Waals surface area contributed by atoms with Crippen LogP contribution in [-0.4, -0.2) is 53.2 Å². The third-order valence-electron chi connectivity index (χ3n) is 7.16. The van der Waals surface area contributed by atoms with Crippen molar-refractivity contribution < 1.29 is 4.79 Å². The molecule has 2 unspecified atom stereocenters. The third-order valence-corrected chi connectivity index (χ3v) is 7.16. The number of rotatable bonds is 5. The molecule has 2 N–H and O–H groups in total. The van der Waals surface area contributed by atoms with Crippen LogP contribution in [0.2, 0.25) is 0 Å². The first-order chi connectivity index (χ1) is 15.6. The van der Waals surface area contributed by atoms with Gasteiger partial charge in [-0.15, -0.1) is 0 Å². The third kappa shape index (κ3) is 3.01. The number of H-pyrrole nitrogens is 1. The van der Waals surface area contributed by atoms with Crippen molar-refractivity contribution in [3.63, 3.8) is 0 Å². The summed E-state index contributed by atoms with van der Waals surface area (Å²) in [4.78, 5) is 19.7. The lowest BCUT2D eigenvalue weighted by molar-refractivity contribution is 0.0951. The quantitative estimate of drug-likeness (QED) is 0.496. The largest absolute Gasteiger partial charge is 0.351 e. The number of pyridine rings is 1. The van der Waals surface area contributed by atoms with Crippen LogP contribution >= 0.6 is 0 Å². The van der Waals surface area contributed by atoms with E-state index >= 15 is 0 Å². The van der Waals surface area contributed by atoms with E-state index in [0.29, 0.717) is 23.9 Å². The monoisotopic (exact) mass is 425 g/mol. The summed E-state index contributed by atoms with van der Waals surface area (Å²) in [5.41, 5.74) is 7.87. The number of fused-ring (bicyclic) bond motifs is 9. The predicted octanol–water partition coefficient (Wildman–Crippen LogP) is 4.43. The summed E-state index contributed by atoms with van der Waals surface area (Å²) in [6.45, 7) is 1.46. The molecule has 1 amide bonds. The fourth-order valence-electron chi connectivity index (χ4n) is 5.66. The molecule has 0 radical (unpaired) electrons. The van der Waals surface area contributed by atoms with Crippen molar-refractivity contribution in [1.29, 1.82) is 0 Å². The molecule has 1 saturated carbocycles. The van der Waals surface area contributed by atoms with E-state index in [0.717, 1.165) is 28.8 Å². The van der Waals surface area contributed by atoms with Gasteiger partial charge in [0.2, 0.25) is 0 Å². The standard InChI is InChI=1S/C26H27N5O/c1-31(2)12-11-27-26(32)16-5-3-15(4-6-16)25-23-18-8-7-17(13-18)22(23)24-19-14-28-30-20(19)9-10-21(24)29-25/h3-6,9-10,14,17-18H,7-8,11-13H2,1-2H3,(H,27,32)(H,28,30). The lowest BCUT2D eigenvalue weighted by Crippen LogP contribution is -2.31. The lowest BCUT2D eigenvalue weighted by Gasteiger charge is -2.21. The van der Waals surface area contributed by atoms with E-state index in [1.54, 1.807) is 0 Å². The van der Waals surface area contributed by atoms with Gasteiger partial charge in [0.05, 0.1) is 22.9 Å². The van der Waals surface area contributed by atoms with Crippen LogP contribution in [0.3, 0.4) is 0 Å². The number of aromatic amines is 1. The second kappa shape index (κ2) is 7.41. The fraction of sp³-hybridized carbons (Fsp3) is 0.346. The Morgan fingerprint density at radius 1 is 1.09 bits per heavy atom. The molecule has 0 saturated heterocycles. The molecule has 32 heavy (non-hydrogen) atoms. The first-order valence-corrected chi connectivity index (χ1v) is 11.4. The predicted molar refractivity (Wildman–Crippen MR) is 127 cm³/mol. The van der Waals surface area contributed by atoms with Gasteiger partial charge in [-0.2, -0.15) is 5.10 Å². The molecular weight excluding hydrogens is 398 g/mol. The first-order valence-electron chi connectivity index (χ1n) is 11.4. The summed E-state index contributed by atoms with van der Waals surface area (Å²) in [7, 11) is 4.00. The van der Waals surface area contributed by atoms with Crippen molar-refractivity contribution in [2.24, 2.45) is 0 Å². The van der Waals surface area contributed by atoms with E-state index in [4.69, 9.17) is 4.98 Å². The zero-order valence-corrected chi connectivity index (χ0v) is 18.5. The summed E-state index contributed by atoms with van der Waals surface area (Å²) in [6, 6.07) is 12.1. The molecule has 162 valence electrons. The van der Waals surface area contributed by atoms with Gasteiger partial charge < -0.3 is 10.2 Å². The van der Waals surface area contributed by atoms with Gasteiger partial charge in [0.15, 0.2) is 0 Å². The number of nitrogens with zero attached hydrogens (tertiary/aromatic N) is 3. The van der Waals surface area contributed by atoms with Crippen molar-refractivity contribution in [3.05, 3.63) is 59.3 Å². The van der Waals surface area contributed by atoms with Crippen molar-refractivity contribution in [2.45, 2.75) is 31.1 Å². The number of likely N-dealkylation sites (N-methyl/N-ethyl adjacent to an activating group) is 1. The number of hydrogen-bond donors (Lipinski definition) is 2. The number of nitrogens with one attached hydrogen (secondary N) is 2. The Hall–Kier alpha value is -3.25. The highest BCUT2D eigenvalue weighted by molar-refractivity contribution is 6.08. The number of carbonyl (C=O) groups is 1. The van der Waals surface area contributed by atoms with E-state index < -0.39 is 0 Å². The Kier molecular flexibility index (Phi) is 4.50. The van der Waals surface area contributed by atoms with E-state index in [2.05, 4.69) is 44.7 Å². The molecule has 2 aliphatic carbocycles. The van der Waals surface area contributed by atoms with Crippen LogP contribution in [0, 0.1) is 0 Å². The van der Waals surface area contributed by atoms with Crippen LogP contribution in [0.1, 0.15) is 52.6 Å². The molecule has 2 atom stereocenters. The van der Waals surface area contributed by atoms with Crippen molar-refractivity contribution in [3.8, 4) is 11.3 Å². The maximum absolute atomic E-state index is 12.5. The topological polar surface area (TPSA) is 73.9 Å². The molecule has 2 aromatic carbocycles. The minimum absolute atomic E-state index is 0.0310. The second-order valence-corrected chi connectivity index (χ2v) is 9.42. The molecule has 6 nitrogen and oxygen atoms in total. The lowest BCUT2D eigenvalue weighted by atomic mass is 9.85. The van der Waals surface area contributed by atoms with Crippen LogP contribution in [-0.2, 0) is 0 Å². The molecule has 0 aliphatic heterocycles. The molecule has 6 rings (SSSR count). The molecule has 2 aromatic heterocycles. The number of amides is 1. The molecule has 4 aromatic rings. The Balaban J connectivity index is 1.42. The summed E-state index contributed by atoms with van der Waals surface area (Å²) in [5, 5.41) is 12.8. The van der Waals surface area contributed by atoms with Crippen molar-refractivity contribution in [1.82, 2.24) is 25.4 Å². The minimum Gasteiger partial charge on any atom is -0.351 e. The maximum atomic E-state index is 12.5. The molecule has 2 heterocycles. The fourth-order valence-corrected chi connectivity index (χ4v) is 5.66. The van der Waals surface area contributed by atoms with Crippen LogP contribution in [0.4, 0.5) is 0 Å². The van der Waals surface area contributed by atoms with E-state index in [1.807, 2.05) is 32.4 Å². The van der Waals surface area contributed by atoms with Gasteiger partial charge in [-0.05, 0) is 80.6 Å². The highest BCUT2D eigenvalue weighted by atomic mass is 16.1. The minimum atomic E-state index is -0.0310. The summed E-state index contributed by atoms with van der Waals surface area (Å²) in [5.74, 6) is 1.16. The Morgan fingerprint density at radius 3 is 2.66 bits per heavy atom. The molecular formula is C26H27N5O. The van der Waals surface area contributed by atoms with Crippen molar-refractivity contribution in [2.75, 3.05) is 27.2 Å². The van der Waals surface area contributed by atoms with Gasteiger partial charge in [-0.25, -0.2) is 4.98 Å². The SMILES string of the molecule is CN(C)CCNC(=O)c1ccc(-c2nc3ccc4[nH]ncc4c3c3c2C2CCC3C2)cc1. The van der Waals surface area contributed by atoms with Crippen LogP contribution in [0.5, 0.6) is 0 Å². The Bertz CT molecular complexity index is 1340. The van der Waals surface area contributed by atoms with E-state index in [-0.39, 0.29) is 5.91 Å².